The maximum absolute atomic E-state index is 12.4. The van der Waals surface area contributed by atoms with Gasteiger partial charge in [0, 0.05) is 36.3 Å². The van der Waals surface area contributed by atoms with Crippen molar-refractivity contribution < 1.29 is 0 Å². The van der Waals surface area contributed by atoms with E-state index in [1.807, 2.05) is 40.9 Å². The predicted octanol–water partition coefficient (Wildman–Crippen LogP) is 2.01. The first-order valence-electron chi connectivity index (χ1n) is 9.79. The molecule has 1 aliphatic rings. The second kappa shape index (κ2) is 7.56. The highest BCUT2D eigenvalue weighted by Gasteiger charge is 2.27. The van der Waals surface area contributed by atoms with Crippen LogP contribution in [-0.4, -0.2) is 46.8 Å². The van der Waals surface area contributed by atoms with Crippen LogP contribution in [0.4, 0.5) is 0 Å². The van der Waals surface area contributed by atoms with Crippen LogP contribution in [0.15, 0.2) is 65.8 Å². The smallest absolute Gasteiger partial charge is 0.266 e. The van der Waals surface area contributed by atoms with E-state index in [9.17, 15) is 4.79 Å². The minimum Gasteiger partial charge on any atom is -0.291 e. The van der Waals surface area contributed by atoms with Crippen LogP contribution in [0.5, 0.6) is 0 Å². The van der Waals surface area contributed by atoms with E-state index in [2.05, 4.69) is 25.2 Å². The Labute approximate surface area is 167 Å². The van der Waals surface area contributed by atoms with Gasteiger partial charge in [0.25, 0.3) is 5.56 Å². The molecule has 1 fully saturated rings. The van der Waals surface area contributed by atoms with Gasteiger partial charge in [-0.15, -0.1) is 10.2 Å². The number of nitrogens with zero attached hydrogens (tertiary/aromatic N) is 7. The average Bonchev–Trinajstić information content (AvgIpc) is 3.38. The summed E-state index contributed by atoms with van der Waals surface area (Å²) in [5.41, 5.74) is 2.42. The third-order valence-corrected chi connectivity index (χ3v) is 5.44. The fourth-order valence-electron chi connectivity index (χ4n) is 3.94. The van der Waals surface area contributed by atoms with Gasteiger partial charge in [-0.05, 0) is 49.7 Å². The van der Waals surface area contributed by atoms with Gasteiger partial charge in [0.15, 0.2) is 11.5 Å². The van der Waals surface area contributed by atoms with Crippen molar-refractivity contribution in [1.82, 2.24) is 34.3 Å². The van der Waals surface area contributed by atoms with Crippen molar-refractivity contribution in [3.05, 3.63) is 77.2 Å². The van der Waals surface area contributed by atoms with E-state index in [4.69, 9.17) is 0 Å². The second-order valence-electron chi connectivity index (χ2n) is 7.29. The summed E-state index contributed by atoms with van der Waals surface area (Å²) in [5, 5.41) is 13.2. The normalized spacial score (nSPS) is 17.2. The van der Waals surface area contributed by atoms with Crippen molar-refractivity contribution in [3.8, 4) is 11.3 Å². The Morgan fingerprint density at radius 3 is 2.93 bits per heavy atom. The summed E-state index contributed by atoms with van der Waals surface area (Å²) < 4.78 is 3.59. The molecule has 1 aliphatic heterocycles. The molecular formula is C21H21N7O. The van der Waals surface area contributed by atoms with E-state index in [1.54, 1.807) is 29.2 Å². The van der Waals surface area contributed by atoms with Gasteiger partial charge in [-0.25, -0.2) is 4.68 Å². The van der Waals surface area contributed by atoms with Crippen LogP contribution in [-0.2, 0) is 13.1 Å². The summed E-state index contributed by atoms with van der Waals surface area (Å²) in [7, 11) is 0. The molecule has 0 radical (unpaired) electrons. The molecule has 0 aromatic carbocycles. The Balaban J connectivity index is 1.38. The number of hydrogen-bond donors (Lipinski definition) is 0. The zero-order valence-corrected chi connectivity index (χ0v) is 15.9. The third-order valence-electron chi connectivity index (χ3n) is 5.44. The van der Waals surface area contributed by atoms with Crippen molar-refractivity contribution in [2.24, 2.45) is 0 Å². The van der Waals surface area contributed by atoms with Crippen molar-refractivity contribution in [3.63, 3.8) is 0 Å². The molecule has 1 unspecified atom stereocenters. The minimum atomic E-state index is -0.0857. The van der Waals surface area contributed by atoms with Crippen LogP contribution in [0.1, 0.15) is 18.7 Å². The molecule has 4 aromatic heterocycles. The first kappa shape index (κ1) is 17.7. The number of hydrogen-bond acceptors (Lipinski definition) is 6. The van der Waals surface area contributed by atoms with E-state index < -0.39 is 0 Å². The molecule has 5 rings (SSSR count). The molecule has 0 saturated carbocycles. The maximum atomic E-state index is 12.4. The summed E-state index contributed by atoms with van der Waals surface area (Å²) in [6.45, 7) is 2.24. The lowest BCUT2D eigenvalue weighted by Crippen LogP contribution is -2.37. The Morgan fingerprint density at radius 2 is 2.03 bits per heavy atom. The molecule has 0 amide bonds. The number of pyridine rings is 2. The highest BCUT2D eigenvalue weighted by molar-refractivity contribution is 5.56. The Morgan fingerprint density at radius 1 is 1.07 bits per heavy atom. The van der Waals surface area contributed by atoms with Crippen molar-refractivity contribution >= 4 is 5.65 Å². The summed E-state index contributed by atoms with van der Waals surface area (Å²) in [4.78, 5) is 18.9. The summed E-state index contributed by atoms with van der Waals surface area (Å²) in [6, 6.07) is 13.3. The molecule has 0 bridgehead atoms. The molecular weight excluding hydrogens is 366 g/mol. The Bertz CT molecular complexity index is 1180. The molecule has 0 spiro atoms. The number of fused-ring (bicyclic) bond motifs is 1. The molecule has 1 atom stereocenters. The zero-order valence-electron chi connectivity index (χ0n) is 15.9. The topological polar surface area (TPSA) is 81.2 Å². The van der Waals surface area contributed by atoms with Gasteiger partial charge >= 0.3 is 0 Å². The Hall–Kier alpha value is -3.39. The lowest BCUT2D eigenvalue weighted by molar-refractivity contribution is 0.211. The van der Waals surface area contributed by atoms with Crippen LogP contribution < -0.4 is 5.56 Å². The fraction of sp³-hybridized carbons (Fsp3) is 0.286. The summed E-state index contributed by atoms with van der Waals surface area (Å²) in [6.07, 6.45) is 7.60. The van der Waals surface area contributed by atoms with Gasteiger partial charge in [-0.1, -0.05) is 6.07 Å². The van der Waals surface area contributed by atoms with E-state index >= 15 is 0 Å². The SMILES string of the molecule is O=c1ccc(-c2cccnc2)nn1CC1CCCN1Cc1nnc2ccccn12. The monoisotopic (exact) mass is 387 g/mol. The first-order chi connectivity index (χ1) is 14.3. The molecule has 29 heavy (non-hydrogen) atoms. The first-order valence-corrected chi connectivity index (χ1v) is 9.79. The quantitative estimate of drug-likeness (QED) is 0.521. The number of likely N-dealkylation sites (tertiary alicyclic amines) is 1. The fourth-order valence-corrected chi connectivity index (χ4v) is 3.94. The van der Waals surface area contributed by atoms with Gasteiger partial charge in [0.1, 0.15) is 0 Å². The Kier molecular flexibility index (Phi) is 4.61. The second-order valence-corrected chi connectivity index (χ2v) is 7.29. The summed E-state index contributed by atoms with van der Waals surface area (Å²) >= 11 is 0. The maximum Gasteiger partial charge on any atom is 0.266 e. The molecule has 4 aromatic rings. The van der Waals surface area contributed by atoms with Gasteiger partial charge < -0.3 is 0 Å². The lowest BCUT2D eigenvalue weighted by atomic mass is 10.2. The van der Waals surface area contributed by atoms with Crippen molar-refractivity contribution in [1.29, 1.82) is 0 Å². The standard InChI is InChI=1S/C21H21N7O/c29-21-9-8-18(16-5-3-10-22-13-16)25-28(21)14-17-6-4-11-26(17)15-20-24-23-19-7-1-2-12-27(19)20/h1-3,5,7-10,12-13,17H,4,6,11,14-15H2. The predicted molar refractivity (Wildman–Crippen MR) is 108 cm³/mol. The van der Waals surface area contributed by atoms with Gasteiger partial charge in [0.2, 0.25) is 0 Å². The average molecular weight is 387 g/mol. The van der Waals surface area contributed by atoms with E-state index in [1.165, 1.54) is 0 Å². The molecule has 8 heteroatoms. The van der Waals surface area contributed by atoms with Crippen molar-refractivity contribution in [2.75, 3.05) is 6.54 Å². The molecule has 0 aliphatic carbocycles. The molecule has 1 saturated heterocycles. The van der Waals surface area contributed by atoms with Crippen molar-refractivity contribution in [2.45, 2.75) is 32.0 Å². The zero-order chi connectivity index (χ0) is 19.6. The minimum absolute atomic E-state index is 0.0857. The van der Waals surface area contributed by atoms with Gasteiger partial charge in [-0.3, -0.25) is 19.1 Å². The number of aromatic nitrogens is 6. The molecule has 146 valence electrons. The van der Waals surface area contributed by atoms with E-state index in [0.717, 1.165) is 42.1 Å². The molecule has 8 nitrogen and oxygen atoms in total. The van der Waals surface area contributed by atoms with E-state index in [0.29, 0.717) is 13.1 Å². The van der Waals surface area contributed by atoms with Crippen LogP contribution in [0.3, 0.4) is 0 Å². The summed E-state index contributed by atoms with van der Waals surface area (Å²) in [5.74, 6) is 0.914. The van der Waals surface area contributed by atoms with Gasteiger partial charge in [0.05, 0.1) is 18.8 Å². The largest absolute Gasteiger partial charge is 0.291 e. The van der Waals surface area contributed by atoms with Crippen LogP contribution in [0.2, 0.25) is 0 Å². The highest BCUT2D eigenvalue weighted by Crippen LogP contribution is 2.21. The number of rotatable bonds is 5. The van der Waals surface area contributed by atoms with Crippen LogP contribution in [0, 0.1) is 0 Å². The van der Waals surface area contributed by atoms with Crippen LogP contribution >= 0.6 is 0 Å². The van der Waals surface area contributed by atoms with Crippen LogP contribution in [0.25, 0.3) is 16.9 Å². The lowest BCUT2D eigenvalue weighted by Gasteiger charge is -2.24. The molecule has 0 N–H and O–H groups in total. The third kappa shape index (κ3) is 3.54. The van der Waals surface area contributed by atoms with E-state index in [-0.39, 0.29) is 11.6 Å². The highest BCUT2D eigenvalue weighted by atomic mass is 16.1. The molecule has 5 heterocycles. The van der Waals surface area contributed by atoms with Gasteiger partial charge in [-0.2, -0.15) is 5.10 Å².